The Bertz CT molecular complexity index is 1150. The molecule has 1 aromatic carbocycles. The quantitative estimate of drug-likeness (QED) is 0.0956. The van der Waals surface area contributed by atoms with Crippen molar-refractivity contribution in [3.63, 3.8) is 0 Å². The van der Waals surface area contributed by atoms with Gasteiger partial charge in [0.25, 0.3) is 0 Å². The normalized spacial score (nSPS) is 19.3. The molecule has 1 heterocycles. The summed E-state index contributed by atoms with van der Waals surface area (Å²) in [6.07, 6.45) is 6.39. The zero-order chi connectivity index (χ0) is 32.5. The first-order valence-electron chi connectivity index (χ1n) is 16.1. The van der Waals surface area contributed by atoms with Crippen LogP contribution in [-0.2, 0) is 24.4 Å². The van der Waals surface area contributed by atoms with Crippen molar-refractivity contribution in [2.24, 2.45) is 0 Å². The van der Waals surface area contributed by atoms with E-state index in [0.29, 0.717) is 12.8 Å². The van der Waals surface area contributed by atoms with Crippen molar-refractivity contribution >= 4 is 30.7 Å². The number of aliphatic hydroxyl groups excluding tert-OH is 1. The Balaban J connectivity index is 2.47. The van der Waals surface area contributed by atoms with Crippen LogP contribution in [0.5, 0.6) is 0 Å². The van der Waals surface area contributed by atoms with Gasteiger partial charge in [0.15, 0.2) is 16.6 Å². The monoisotopic (exact) mass is 642 g/mol. The SMILES string of the molecule is CC[Si](CC)(CC)O[C@](C)(/C=C/[C@H]1CC=CC(=O)O1)[C@H](O)C[C@H](C#C[Si](C)(C)Cc1ccccc1)O[Si](C)(C)C(C)(C)C. The lowest BCUT2D eigenvalue weighted by Gasteiger charge is -2.43. The number of rotatable bonds is 14. The van der Waals surface area contributed by atoms with Crippen LogP contribution in [0.2, 0.25) is 49.4 Å². The molecule has 1 aliphatic rings. The number of cyclic esters (lactones) is 1. The van der Waals surface area contributed by atoms with E-state index < -0.39 is 42.5 Å². The van der Waals surface area contributed by atoms with E-state index in [1.54, 1.807) is 0 Å². The lowest BCUT2D eigenvalue weighted by atomic mass is 9.93. The Morgan fingerprint density at radius 1 is 1.05 bits per heavy atom. The van der Waals surface area contributed by atoms with Crippen LogP contribution in [0.25, 0.3) is 0 Å². The highest BCUT2D eigenvalue weighted by molar-refractivity contribution is 6.84. The maximum absolute atomic E-state index is 12.0. The molecular weight excluding hydrogens is 585 g/mol. The van der Waals surface area contributed by atoms with Gasteiger partial charge in [-0.2, -0.15) is 0 Å². The molecule has 1 aliphatic heterocycles. The van der Waals surface area contributed by atoms with Crippen LogP contribution >= 0.6 is 0 Å². The molecule has 1 aromatic rings. The van der Waals surface area contributed by atoms with Crippen molar-refractivity contribution in [2.75, 3.05) is 0 Å². The Hall–Kier alpha value is -1.74. The van der Waals surface area contributed by atoms with Crippen LogP contribution in [-0.4, -0.2) is 59.7 Å². The maximum atomic E-state index is 12.0. The number of carbonyl (C=O) groups is 1. The van der Waals surface area contributed by atoms with Gasteiger partial charge in [-0.15, -0.1) is 5.54 Å². The number of carbonyl (C=O) groups excluding carboxylic acids is 1. The second kappa shape index (κ2) is 15.5. The summed E-state index contributed by atoms with van der Waals surface area (Å²) >= 11 is 0. The summed E-state index contributed by atoms with van der Waals surface area (Å²) in [6, 6.07) is 14.4. The molecule has 0 amide bonds. The molecule has 8 heteroatoms. The molecule has 43 heavy (non-hydrogen) atoms. The maximum Gasteiger partial charge on any atom is 0.331 e. The molecule has 4 atom stereocenters. The molecule has 0 aliphatic carbocycles. The number of aliphatic hydroxyl groups is 1. The summed E-state index contributed by atoms with van der Waals surface area (Å²) in [5.74, 6) is 3.20. The standard InChI is InChI=1S/C35H58O5Si3/c1-12-43(13-2,14-3)40-35(7,25-23-30-21-18-22-33(37)38-30)32(36)27-31(39-42(10,11)34(4,5)6)24-26-41(8,9)28-29-19-16-15-17-20-29/h15-20,22-23,25,30-32,36H,12-14,21,27-28H2,1-11H3/b25-23+/t30-,31+,32-,35-/m1/s1. The molecule has 2 rings (SSSR count). The first-order chi connectivity index (χ1) is 19.9. The summed E-state index contributed by atoms with van der Waals surface area (Å²) in [4.78, 5) is 11.9. The van der Waals surface area contributed by atoms with Crippen LogP contribution in [0.15, 0.2) is 54.6 Å². The molecule has 0 saturated carbocycles. The van der Waals surface area contributed by atoms with Crippen molar-refractivity contribution in [3.05, 3.63) is 60.2 Å². The molecule has 0 spiro atoms. The van der Waals surface area contributed by atoms with Crippen LogP contribution in [0.4, 0.5) is 0 Å². The Morgan fingerprint density at radius 2 is 1.65 bits per heavy atom. The number of hydrogen-bond donors (Lipinski definition) is 1. The van der Waals surface area contributed by atoms with E-state index in [0.717, 1.165) is 24.2 Å². The van der Waals surface area contributed by atoms with E-state index in [4.69, 9.17) is 13.6 Å². The summed E-state index contributed by atoms with van der Waals surface area (Å²) in [5.41, 5.74) is 4.00. The Kier molecular flexibility index (Phi) is 13.5. The fraction of sp³-hybridized carbons (Fsp3) is 0.629. The van der Waals surface area contributed by atoms with Crippen LogP contribution in [0, 0.1) is 11.5 Å². The van der Waals surface area contributed by atoms with Crippen LogP contribution < -0.4 is 0 Å². The molecule has 240 valence electrons. The summed E-state index contributed by atoms with van der Waals surface area (Å²) in [7, 11) is -6.25. The largest absolute Gasteiger partial charge is 0.455 e. The lowest BCUT2D eigenvalue weighted by molar-refractivity contribution is -0.141. The van der Waals surface area contributed by atoms with Crippen molar-refractivity contribution in [3.8, 4) is 11.5 Å². The van der Waals surface area contributed by atoms with Gasteiger partial charge in [0.1, 0.15) is 20.3 Å². The average Bonchev–Trinajstić information content (AvgIpc) is 2.93. The highest BCUT2D eigenvalue weighted by Crippen LogP contribution is 2.39. The topological polar surface area (TPSA) is 65.0 Å². The van der Waals surface area contributed by atoms with Crippen molar-refractivity contribution in [1.29, 1.82) is 0 Å². The number of benzene rings is 1. The van der Waals surface area contributed by atoms with E-state index in [-0.39, 0.29) is 17.1 Å². The van der Waals surface area contributed by atoms with E-state index in [1.165, 1.54) is 11.6 Å². The minimum atomic E-state index is -2.20. The van der Waals surface area contributed by atoms with E-state index in [2.05, 4.69) is 103 Å². The van der Waals surface area contributed by atoms with Gasteiger partial charge < -0.3 is 18.7 Å². The Labute approximate surface area is 265 Å². The molecule has 0 bridgehead atoms. The van der Waals surface area contributed by atoms with Gasteiger partial charge in [-0.3, -0.25) is 0 Å². The van der Waals surface area contributed by atoms with Gasteiger partial charge in [0, 0.05) is 18.9 Å². The highest BCUT2D eigenvalue weighted by Gasteiger charge is 2.44. The molecule has 5 nitrogen and oxygen atoms in total. The van der Waals surface area contributed by atoms with Crippen molar-refractivity contribution in [2.45, 2.75) is 141 Å². The van der Waals surface area contributed by atoms with Gasteiger partial charge in [-0.05, 0) is 60.9 Å². The minimum absolute atomic E-state index is 0.00164. The van der Waals surface area contributed by atoms with E-state index >= 15 is 0 Å². The Morgan fingerprint density at radius 3 is 2.19 bits per heavy atom. The highest BCUT2D eigenvalue weighted by atomic mass is 28.4. The van der Waals surface area contributed by atoms with Crippen molar-refractivity contribution in [1.82, 2.24) is 0 Å². The fourth-order valence-corrected chi connectivity index (χ4v) is 11.3. The average molecular weight is 643 g/mol. The van der Waals surface area contributed by atoms with Gasteiger partial charge in [0.05, 0.1) is 11.7 Å². The summed E-state index contributed by atoms with van der Waals surface area (Å²) in [6.45, 7) is 24.3. The summed E-state index contributed by atoms with van der Waals surface area (Å²) < 4.78 is 19.5. The fourth-order valence-electron chi connectivity index (χ4n) is 5.13. The third-order valence-electron chi connectivity index (χ3n) is 9.30. The molecule has 1 N–H and O–H groups in total. The van der Waals surface area contributed by atoms with Gasteiger partial charge in [-0.1, -0.05) is 103 Å². The molecular formula is C35H58O5Si3. The molecule has 0 aromatic heterocycles. The van der Waals surface area contributed by atoms with E-state index in [1.807, 2.05) is 31.2 Å². The summed E-state index contributed by atoms with van der Waals surface area (Å²) in [5, 5.41) is 12.0. The zero-order valence-electron chi connectivity index (χ0n) is 28.8. The van der Waals surface area contributed by atoms with Crippen LogP contribution in [0.1, 0.15) is 66.9 Å². The molecule has 0 radical (unpaired) electrons. The first-order valence-corrected chi connectivity index (χ1v) is 24.7. The minimum Gasteiger partial charge on any atom is -0.455 e. The number of ether oxygens (including phenoxy) is 1. The lowest BCUT2D eigenvalue weighted by Crippen LogP contribution is -2.52. The third kappa shape index (κ3) is 11.3. The van der Waals surface area contributed by atoms with Gasteiger partial charge in [-0.25, -0.2) is 4.79 Å². The van der Waals surface area contributed by atoms with Gasteiger partial charge in [0.2, 0.25) is 0 Å². The molecule has 0 saturated heterocycles. The third-order valence-corrected chi connectivity index (χ3v) is 20.6. The zero-order valence-corrected chi connectivity index (χ0v) is 31.8. The predicted molar refractivity (Wildman–Crippen MR) is 188 cm³/mol. The smallest absolute Gasteiger partial charge is 0.331 e. The van der Waals surface area contributed by atoms with Crippen LogP contribution in [0.3, 0.4) is 0 Å². The van der Waals surface area contributed by atoms with Gasteiger partial charge >= 0.3 is 5.97 Å². The molecule has 0 fully saturated rings. The van der Waals surface area contributed by atoms with E-state index in [9.17, 15) is 9.90 Å². The second-order valence-corrected chi connectivity index (χ2v) is 28.3. The first kappa shape index (κ1) is 37.4. The number of esters is 1. The molecule has 0 unspecified atom stereocenters. The predicted octanol–water partition coefficient (Wildman–Crippen LogP) is 8.37. The second-order valence-electron chi connectivity index (χ2n) is 14.4. The number of hydrogen-bond acceptors (Lipinski definition) is 5. The van der Waals surface area contributed by atoms with Crippen molar-refractivity contribution < 1.29 is 23.5 Å².